The number of carbonyl (C=O) groups excluding carboxylic acids is 1. The van der Waals surface area contributed by atoms with Crippen LogP contribution in [-0.4, -0.2) is 25.7 Å². The number of carbonyl (C=O) groups is 1. The van der Waals surface area contributed by atoms with E-state index in [1.54, 1.807) is 12.1 Å². The van der Waals surface area contributed by atoms with Gasteiger partial charge in [-0.25, -0.2) is 9.18 Å². The molecule has 4 nitrogen and oxygen atoms in total. The number of fused-ring (bicyclic) bond motifs is 2. The first-order valence-corrected chi connectivity index (χ1v) is 12.4. The molecule has 36 heavy (non-hydrogen) atoms. The Morgan fingerprint density at radius 1 is 1.06 bits per heavy atom. The van der Waals surface area contributed by atoms with E-state index < -0.39 is 11.8 Å². The van der Waals surface area contributed by atoms with Gasteiger partial charge >= 0.3 is 5.97 Å². The molecule has 0 spiro atoms. The summed E-state index contributed by atoms with van der Waals surface area (Å²) >= 11 is 0. The maximum absolute atomic E-state index is 14.3. The van der Waals surface area contributed by atoms with Crippen LogP contribution < -0.4 is 10.1 Å². The highest BCUT2D eigenvalue weighted by atomic mass is 19.1. The highest BCUT2D eigenvalue weighted by Crippen LogP contribution is 2.41. The van der Waals surface area contributed by atoms with Gasteiger partial charge in [-0.3, -0.25) is 0 Å². The Labute approximate surface area is 211 Å². The lowest BCUT2D eigenvalue weighted by atomic mass is 9.83. The summed E-state index contributed by atoms with van der Waals surface area (Å²) in [5.41, 5.74) is 3.17. The van der Waals surface area contributed by atoms with E-state index in [-0.39, 0.29) is 23.6 Å². The van der Waals surface area contributed by atoms with Gasteiger partial charge in [0.1, 0.15) is 17.7 Å². The largest absolute Gasteiger partial charge is 0.490 e. The zero-order chi connectivity index (χ0) is 25.1. The minimum Gasteiger partial charge on any atom is -0.490 e. The Bertz CT molecular complexity index is 1380. The Kier molecular flexibility index (Phi) is 7.01. The summed E-state index contributed by atoms with van der Waals surface area (Å²) < 4.78 is 25.4. The van der Waals surface area contributed by atoms with Gasteiger partial charge in [-0.15, -0.1) is 0 Å². The Morgan fingerprint density at radius 3 is 2.69 bits per heavy atom. The average molecular weight is 484 g/mol. The number of para-hydroxylation sites is 1. The van der Waals surface area contributed by atoms with E-state index in [1.165, 1.54) is 29.5 Å². The molecule has 4 aromatic carbocycles. The highest BCUT2D eigenvalue weighted by molar-refractivity contribution is 5.90. The Hall–Kier alpha value is -3.70. The molecule has 0 bridgehead atoms. The molecule has 1 aliphatic heterocycles. The SMILES string of the molecule is COC(=O)c1cc([C@H]2C[C@@H](CCN[C@H](C)c3cccc4ccccc34)Oc3ccccc32)ccc1F. The number of benzene rings is 4. The van der Waals surface area contributed by atoms with E-state index in [0.29, 0.717) is 0 Å². The van der Waals surface area contributed by atoms with Crippen LogP contribution in [0.3, 0.4) is 0 Å². The molecular weight excluding hydrogens is 453 g/mol. The van der Waals surface area contributed by atoms with Gasteiger partial charge in [0.05, 0.1) is 12.7 Å². The maximum Gasteiger partial charge on any atom is 0.340 e. The second kappa shape index (κ2) is 10.5. The number of esters is 1. The second-order valence-electron chi connectivity index (χ2n) is 9.33. The number of methoxy groups -OCH3 is 1. The van der Waals surface area contributed by atoms with Crippen molar-refractivity contribution in [3.8, 4) is 5.75 Å². The Morgan fingerprint density at radius 2 is 1.83 bits per heavy atom. The zero-order valence-electron chi connectivity index (χ0n) is 20.5. The lowest BCUT2D eigenvalue weighted by Gasteiger charge is -2.33. The van der Waals surface area contributed by atoms with Crippen molar-refractivity contribution in [3.63, 3.8) is 0 Å². The molecule has 184 valence electrons. The van der Waals surface area contributed by atoms with Crippen LogP contribution >= 0.6 is 0 Å². The summed E-state index contributed by atoms with van der Waals surface area (Å²) in [7, 11) is 1.26. The predicted molar refractivity (Wildman–Crippen MR) is 140 cm³/mol. The van der Waals surface area contributed by atoms with Crippen LogP contribution in [0.4, 0.5) is 4.39 Å². The molecule has 4 aromatic rings. The third-order valence-electron chi connectivity index (χ3n) is 7.09. The summed E-state index contributed by atoms with van der Waals surface area (Å²) in [5, 5.41) is 6.17. The van der Waals surface area contributed by atoms with E-state index in [2.05, 4.69) is 54.7 Å². The number of nitrogens with one attached hydrogen (secondary N) is 1. The quantitative estimate of drug-likeness (QED) is 0.294. The molecule has 0 fully saturated rings. The normalized spacial score (nSPS) is 17.8. The van der Waals surface area contributed by atoms with Crippen molar-refractivity contribution in [3.05, 3.63) is 113 Å². The van der Waals surface area contributed by atoms with Gasteiger partial charge in [-0.05, 0) is 66.4 Å². The van der Waals surface area contributed by atoms with E-state index in [1.807, 2.05) is 24.3 Å². The number of rotatable bonds is 7. The van der Waals surface area contributed by atoms with E-state index in [4.69, 9.17) is 9.47 Å². The molecule has 1 N–H and O–H groups in total. The first-order valence-electron chi connectivity index (χ1n) is 12.4. The highest BCUT2D eigenvalue weighted by Gasteiger charge is 2.30. The van der Waals surface area contributed by atoms with Crippen molar-refractivity contribution in [2.45, 2.75) is 37.8 Å². The van der Waals surface area contributed by atoms with E-state index in [9.17, 15) is 9.18 Å². The smallest absolute Gasteiger partial charge is 0.340 e. The van der Waals surface area contributed by atoms with Crippen molar-refractivity contribution in [2.75, 3.05) is 13.7 Å². The third-order valence-corrected chi connectivity index (χ3v) is 7.09. The number of hydrogen-bond acceptors (Lipinski definition) is 4. The molecule has 3 atom stereocenters. The summed E-state index contributed by atoms with van der Waals surface area (Å²) in [5.74, 6) is -0.406. The maximum atomic E-state index is 14.3. The lowest BCUT2D eigenvalue weighted by Crippen LogP contribution is -2.31. The molecule has 0 aliphatic carbocycles. The lowest BCUT2D eigenvalue weighted by molar-refractivity contribution is 0.0595. The monoisotopic (exact) mass is 483 g/mol. The topological polar surface area (TPSA) is 47.6 Å². The fourth-order valence-corrected chi connectivity index (χ4v) is 5.21. The van der Waals surface area contributed by atoms with Gasteiger partial charge in [0, 0.05) is 17.5 Å². The van der Waals surface area contributed by atoms with Crippen molar-refractivity contribution < 1.29 is 18.7 Å². The Balaban J connectivity index is 1.32. The molecule has 0 saturated carbocycles. The number of hydrogen-bond donors (Lipinski definition) is 1. The summed E-state index contributed by atoms with van der Waals surface area (Å²) in [4.78, 5) is 12.1. The van der Waals surface area contributed by atoms with Crippen LogP contribution in [0.5, 0.6) is 5.75 Å². The van der Waals surface area contributed by atoms with Crippen molar-refractivity contribution in [2.24, 2.45) is 0 Å². The summed E-state index contributed by atoms with van der Waals surface area (Å²) in [6.45, 7) is 2.98. The predicted octanol–water partition coefficient (Wildman–Crippen LogP) is 6.79. The van der Waals surface area contributed by atoms with Crippen molar-refractivity contribution in [1.82, 2.24) is 5.32 Å². The molecule has 0 radical (unpaired) electrons. The molecule has 0 unspecified atom stereocenters. The summed E-state index contributed by atoms with van der Waals surface area (Å²) in [6, 6.07) is 27.7. The van der Waals surface area contributed by atoms with Crippen molar-refractivity contribution in [1.29, 1.82) is 0 Å². The van der Waals surface area contributed by atoms with Gasteiger partial charge < -0.3 is 14.8 Å². The van der Waals surface area contributed by atoms with Gasteiger partial charge in [0.25, 0.3) is 0 Å². The zero-order valence-corrected chi connectivity index (χ0v) is 20.5. The van der Waals surface area contributed by atoms with E-state index in [0.717, 1.165) is 36.3 Å². The van der Waals surface area contributed by atoms with Crippen LogP contribution in [0.1, 0.15) is 58.8 Å². The second-order valence-corrected chi connectivity index (χ2v) is 9.33. The minimum atomic E-state index is -0.669. The first kappa shape index (κ1) is 24.0. The summed E-state index contributed by atoms with van der Waals surface area (Å²) in [6.07, 6.45) is 1.56. The van der Waals surface area contributed by atoms with Crippen LogP contribution in [0.2, 0.25) is 0 Å². The molecule has 1 aliphatic rings. The number of ether oxygens (including phenoxy) is 2. The molecule has 0 aromatic heterocycles. The van der Waals surface area contributed by atoms with Gasteiger partial charge in [0.2, 0.25) is 0 Å². The minimum absolute atomic E-state index is 0.000512. The van der Waals surface area contributed by atoms with Crippen LogP contribution in [0, 0.1) is 5.82 Å². The van der Waals surface area contributed by atoms with E-state index >= 15 is 0 Å². The molecule has 0 saturated heterocycles. The molecule has 1 heterocycles. The third kappa shape index (κ3) is 4.84. The van der Waals surface area contributed by atoms with Crippen LogP contribution in [-0.2, 0) is 4.74 Å². The standard InChI is InChI=1S/C31H30FNO3/c1-20(24-12-7-9-21-8-3-4-10-25(21)24)33-17-16-23-19-27(26-11-5-6-13-30(26)36-23)22-14-15-29(32)28(18-22)31(34)35-2/h3-15,18,20,23,27,33H,16-17,19H2,1-2H3/t20-,23-,27-/m1/s1. The molecule has 0 amide bonds. The van der Waals surface area contributed by atoms with Gasteiger partial charge in [-0.2, -0.15) is 0 Å². The van der Waals surface area contributed by atoms with Gasteiger partial charge in [-0.1, -0.05) is 66.7 Å². The average Bonchev–Trinajstić information content (AvgIpc) is 2.92. The first-order chi connectivity index (χ1) is 17.5. The van der Waals surface area contributed by atoms with Crippen LogP contribution in [0.15, 0.2) is 84.9 Å². The molecule has 5 rings (SSSR count). The van der Waals surface area contributed by atoms with Gasteiger partial charge in [0.15, 0.2) is 0 Å². The fourth-order valence-electron chi connectivity index (χ4n) is 5.21. The van der Waals surface area contributed by atoms with Crippen LogP contribution in [0.25, 0.3) is 10.8 Å². The molecule has 5 heteroatoms. The number of halogens is 1. The molecular formula is C31H30FNO3. The fraction of sp³-hybridized carbons (Fsp3) is 0.258. The van der Waals surface area contributed by atoms with Crippen molar-refractivity contribution >= 4 is 16.7 Å².